The third kappa shape index (κ3) is 3.67. The standard InChI is InChI=1S/C16H26O3/c1-10(2)13-6-5-11(3)9-15(13)19-16-8-7-14(17)12(4)18-16/h7-8,10-13,15-16H,5-6,9H2,1-4H3/t11-,12+,13+,15-,16-/m1/s1. The van der Waals surface area contributed by atoms with Crippen LogP contribution in [0.3, 0.4) is 0 Å². The summed E-state index contributed by atoms with van der Waals surface area (Å²) in [5.41, 5.74) is 0. The Hall–Kier alpha value is -0.670. The molecule has 0 amide bonds. The minimum Gasteiger partial charge on any atom is -0.345 e. The Morgan fingerprint density at radius 2 is 2.05 bits per heavy atom. The van der Waals surface area contributed by atoms with Crippen LogP contribution in [0.25, 0.3) is 0 Å². The van der Waals surface area contributed by atoms with Crippen molar-refractivity contribution in [1.82, 2.24) is 0 Å². The molecule has 1 heterocycles. The molecule has 0 aromatic carbocycles. The van der Waals surface area contributed by atoms with Gasteiger partial charge in [0.1, 0.15) is 6.10 Å². The van der Waals surface area contributed by atoms with E-state index in [1.54, 1.807) is 19.1 Å². The molecule has 0 aromatic rings. The zero-order valence-corrected chi connectivity index (χ0v) is 12.5. The molecule has 1 aliphatic heterocycles. The summed E-state index contributed by atoms with van der Waals surface area (Å²) < 4.78 is 11.7. The molecule has 0 spiro atoms. The molecule has 0 unspecified atom stereocenters. The first-order valence-electron chi connectivity index (χ1n) is 7.50. The molecule has 1 aliphatic carbocycles. The summed E-state index contributed by atoms with van der Waals surface area (Å²) in [6.45, 7) is 8.60. The molecule has 1 saturated carbocycles. The third-order valence-corrected chi connectivity index (χ3v) is 4.43. The van der Waals surface area contributed by atoms with Gasteiger partial charge in [0.15, 0.2) is 12.1 Å². The van der Waals surface area contributed by atoms with Crippen molar-refractivity contribution in [2.45, 2.75) is 65.5 Å². The maximum atomic E-state index is 11.4. The van der Waals surface area contributed by atoms with Crippen LogP contribution in [-0.2, 0) is 14.3 Å². The monoisotopic (exact) mass is 266 g/mol. The predicted octanol–water partition coefficient (Wildman–Crippen LogP) is 3.33. The first-order chi connectivity index (χ1) is 8.97. The number of ketones is 1. The Kier molecular flexibility index (Phi) is 4.80. The van der Waals surface area contributed by atoms with E-state index in [9.17, 15) is 4.79 Å². The Morgan fingerprint density at radius 1 is 1.32 bits per heavy atom. The van der Waals surface area contributed by atoms with E-state index >= 15 is 0 Å². The van der Waals surface area contributed by atoms with Crippen molar-refractivity contribution in [3.63, 3.8) is 0 Å². The SMILES string of the molecule is CC(C)[C@@H]1CC[C@@H](C)C[C@H]1O[C@@H]1C=CC(=O)[C@H](C)O1. The van der Waals surface area contributed by atoms with Crippen LogP contribution < -0.4 is 0 Å². The lowest BCUT2D eigenvalue weighted by atomic mass is 9.75. The van der Waals surface area contributed by atoms with Gasteiger partial charge in [-0.15, -0.1) is 0 Å². The third-order valence-electron chi connectivity index (χ3n) is 4.43. The predicted molar refractivity (Wildman–Crippen MR) is 74.7 cm³/mol. The van der Waals surface area contributed by atoms with Crippen molar-refractivity contribution >= 4 is 5.78 Å². The molecule has 2 aliphatic rings. The summed E-state index contributed by atoms with van der Waals surface area (Å²) in [5, 5.41) is 0. The van der Waals surface area contributed by atoms with E-state index in [0.29, 0.717) is 17.8 Å². The molecule has 3 heteroatoms. The summed E-state index contributed by atoms with van der Waals surface area (Å²) in [4.78, 5) is 11.4. The second kappa shape index (κ2) is 6.19. The van der Waals surface area contributed by atoms with Crippen LogP contribution in [0.1, 0.15) is 47.0 Å². The summed E-state index contributed by atoms with van der Waals surface area (Å²) in [7, 11) is 0. The quantitative estimate of drug-likeness (QED) is 0.786. The van der Waals surface area contributed by atoms with Gasteiger partial charge in [-0.25, -0.2) is 0 Å². The first kappa shape index (κ1) is 14.7. The highest BCUT2D eigenvalue weighted by atomic mass is 16.7. The molecule has 0 aromatic heterocycles. The lowest BCUT2D eigenvalue weighted by Crippen LogP contribution is -2.40. The Morgan fingerprint density at radius 3 is 2.68 bits per heavy atom. The molecule has 0 bridgehead atoms. The van der Waals surface area contributed by atoms with E-state index in [1.165, 1.54) is 12.8 Å². The summed E-state index contributed by atoms with van der Waals surface area (Å²) in [6.07, 6.45) is 6.47. The minimum atomic E-state index is -0.381. The maximum Gasteiger partial charge on any atom is 0.184 e. The topological polar surface area (TPSA) is 35.5 Å². The van der Waals surface area contributed by atoms with Gasteiger partial charge in [0.05, 0.1) is 6.10 Å². The second-order valence-electron chi connectivity index (χ2n) is 6.41. The van der Waals surface area contributed by atoms with Crippen molar-refractivity contribution in [1.29, 1.82) is 0 Å². The lowest BCUT2D eigenvalue weighted by molar-refractivity contribution is -0.193. The number of hydrogen-bond donors (Lipinski definition) is 0. The normalized spacial score (nSPS) is 39.8. The fourth-order valence-electron chi connectivity index (χ4n) is 3.14. The van der Waals surface area contributed by atoms with Gasteiger partial charge in [-0.05, 0) is 49.7 Å². The highest BCUT2D eigenvalue weighted by molar-refractivity contribution is 5.93. The van der Waals surface area contributed by atoms with Crippen molar-refractivity contribution in [3.05, 3.63) is 12.2 Å². The van der Waals surface area contributed by atoms with E-state index in [0.717, 1.165) is 6.42 Å². The highest BCUT2D eigenvalue weighted by Crippen LogP contribution is 2.36. The van der Waals surface area contributed by atoms with Gasteiger partial charge in [-0.2, -0.15) is 0 Å². The largest absolute Gasteiger partial charge is 0.345 e. The Labute approximate surface area is 116 Å². The fourth-order valence-corrected chi connectivity index (χ4v) is 3.14. The van der Waals surface area contributed by atoms with Crippen molar-refractivity contribution in [3.8, 4) is 0 Å². The molecule has 2 rings (SSSR count). The van der Waals surface area contributed by atoms with Gasteiger partial charge < -0.3 is 9.47 Å². The number of hydrogen-bond acceptors (Lipinski definition) is 3. The average molecular weight is 266 g/mol. The van der Waals surface area contributed by atoms with Gasteiger partial charge in [0.2, 0.25) is 0 Å². The summed E-state index contributed by atoms with van der Waals surface area (Å²) >= 11 is 0. The number of carbonyl (C=O) groups is 1. The highest BCUT2D eigenvalue weighted by Gasteiger charge is 2.34. The van der Waals surface area contributed by atoms with Crippen molar-refractivity contribution < 1.29 is 14.3 Å². The zero-order chi connectivity index (χ0) is 14.0. The molecular weight excluding hydrogens is 240 g/mol. The number of carbonyl (C=O) groups excluding carboxylic acids is 1. The molecule has 108 valence electrons. The van der Waals surface area contributed by atoms with E-state index in [-0.39, 0.29) is 24.3 Å². The number of ether oxygens (including phenoxy) is 2. The van der Waals surface area contributed by atoms with Crippen LogP contribution in [0, 0.1) is 17.8 Å². The molecule has 0 saturated heterocycles. The molecule has 3 nitrogen and oxygen atoms in total. The molecule has 19 heavy (non-hydrogen) atoms. The Balaban J connectivity index is 1.99. The summed E-state index contributed by atoms with van der Waals surface area (Å²) in [6, 6.07) is 0. The van der Waals surface area contributed by atoms with Crippen LogP contribution in [0.2, 0.25) is 0 Å². The van der Waals surface area contributed by atoms with Crippen molar-refractivity contribution in [2.24, 2.45) is 17.8 Å². The molecular formula is C16H26O3. The van der Waals surface area contributed by atoms with Crippen LogP contribution in [0.5, 0.6) is 0 Å². The van der Waals surface area contributed by atoms with E-state index in [1.807, 2.05) is 0 Å². The van der Waals surface area contributed by atoms with E-state index in [2.05, 4.69) is 20.8 Å². The van der Waals surface area contributed by atoms with Gasteiger partial charge in [-0.1, -0.05) is 27.2 Å². The van der Waals surface area contributed by atoms with Crippen LogP contribution in [0.15, 0.2) is 12.2 Å². The lowest BCUT2D eigenvalue weighted by Gasteiger charge is -2.39. The summed E-state index contributed by atoms with van der Waals surface area (Å²) in [5.74, 6) is 1.97. The van der Waals surface area contributed by atoms with Crippen LogP contribution in [-0.4, -0.2) is 24.3 Å². The molecule has 0 radical (unpaired) electrons. The maximum absolute atomic E-state index is 11.4. The van der Waals surface area contributed by atoms with Gasteiger partial charge in [0.25, 0.3) is 0 Å². The van der Waals surface area contributed by atoms with E-state index in [4.69, 9.17) is 9.47 Å². The van der Waals surface area contributed by atoms with E-state index < -0.39 is 0 Å². The smallest absolute Gasteiger partial charge is 0.184 e. The van der Waals surface area contributed by atoms with Gasteiger partial charge >= 0.3 is 0 Å². The number of rotatable bonds is 3. The Bertz CT molecular complexity index is 348. The van der Waals surface area contributed by atoms with Crippen LogP contribution in [0.4, 0.5) is 0 Å². The molecule has 1 fully saturated rings. The second-order valence-corrected chi connectivity index (χ2v) is 6.41. The molecule has 5 atom stereocenters. The van der Waals surface area contributed by atoms with Crippen LogP contribution >= 0.6 is 0 Å². The fraction of sp³-hybridized carbons (Fsp3) is 0.812. The molecule has 0 N–H and O–H groups in total. The first-order valence-corrected chi connectivity index (χ1v) is 7.50. The minimum absolute atomic E-state index is 0.0253. The zero-order valence-electron chi connectivity index (χ0n) is 12.5. The van der Waals surface area contributed by atoms with Gasteiger partial charge in [-0.3, -0.25) is 4.79 Å². The van der Waals surface area contributed by atoms with Crippen molar-refractivity contribution in [2.75, 3.05) is 0 Å². The van der Waals surface area contributed by atoms with Gasteiger partial charge in [0, 0.05) is 0 Å². The average Bonchev–Trinajstić information content (AvgIpc) is 2.33.